The molecule has 0 aliphatic rings. The highest BCUT2D eigenvalue weighted by Gasteiger charge is 2.13. The number of nitrogens with one attached hydrogen (secondary N) is 1. The van der Waals surface area contributed by atoms with Gasteiger partial charge in [-0.15, -0.1) is 0 Å². The van der Waals surface area contributed by atoms with Gasteiger partial charge in [-0.2, -0.15) is 0 Å². The lowest BCUT2D eigenvalue weighted by Gasteiger charge is -2.15. The van der Waals surface area contributed by atoms with Gasteiger partial charge in [0.05, 0.1) is 18.7 Å². The van der Waals surface area contributed by atoms with E-state index in [0.29, 0.717) is 17.1 Å². The Bertz CT molecular complexity index is 713. The molecule has 2 rings (SSSR count). The van der Waals surface area contributed by atoms with Crippen LogP contribution in [0.3, 0.4) is 0 Å². The van der Waals surface area contributed by atoms with E-state index in [2.05, 4.69) is 5.32 Å². The van der Waals surface area contributed by atoms with Gasteiger partial charge in [0.2, 0.25) is 0 Å². The summed E-state index contributed by atoms with van der Waals surface area (Å²) < 4.78 is 10.6. The normalized spacial score (nSPS) is 11.5. The van der Waals surface area contributed by atoms with Crippen LogP contribution in [0.5, 0.6) is 11.5 Å². The van der Waals surface area contributed by atoms with Gasteiger partial charge in [0.1, 0.15) is 11.5 Å². The van der Waals surface area contributed by atoms with E-state index in [1.165, 1.54) is 14.0 Å². The van der Waals surface area contributed by atoms with Crippen molar-refractivity contribution in [2.45, 2.75) is 19.9 Å². The molecule has 0 aliphatic carbocycles. The molecule has 126 valence electrons. The maximum absolute atomic E-state index is 12.1. The van der Waals surface area contributed by atoms with E-state index in [4.69, 9.17) is 9.47 Å². The molecule has 5 nitrogen and oxygen atoms in total. The summed E-state index contributed by atoms with van der Waals surface area (Å²) in [4.78, 5) is 23.8. The second-order valence-corrected chi connectivity index (χ2v) is 5.41. The fraction of sp³-hybridized carbons (Fsp3) is 0.263. The van der Waals surface area contributed by atoms with Crippen LogP contribution < -0.4 is 14.8 Å². The lowest BCUT2D eigenvalue weighted by Crippen LogP contribution is -2.31. The Morgan fingerprint density at radius 3 is 2.46 bits per heavy atom. The zero-order valence-corrected chi connectivity index (χ0v) is 14.0. The molecule has 1 amide bonds. The Hall–Kier alpha value is -2.82. The summed E-state index contributed by atoms with van der Waals surface area (Å²) in [5.74, 6) is 0.527. The first-order valence-corrected chi connectivity index (χ1v) is 7.67. The lowest BCUT2D eigenvalue weighted by molar-refractivity contribution is -0.123. The summed E-state index contributed by atoms with van der Waals surface area (Å²) in [6.07, 6.45) is 0. The van der Waals surface area contributed by atoms with Crippen LogP contribution in [0.1, 0.15) is 35.8 Å². The van der Waals surface area contributed by atoms with Gasteiger partial charge >= 0.3 is 0 Å². The SMILES string of the molecule is COc1ccc(OCC(=O)NC(C)c2ccccc2)c(C(C)=O)c1. The minimum absolute atomic E-state index is 0.120. The molecular formula is C19H21NO4. The van der Waals surface area contributed by atoms with Crippen LogP contribution in [-0.4, -0.2) is 25.4 Å². The van der Waals surface area contributed by atoms with Crippen molar-refractivity contribution in [3.63, 3.8) is 0 Å². The number of carbonyl (C=O) groups is 2. The number of methoxy groups -OCH3 is 1. The summed E-state index contributed by atoms with van der Waals surface area (Å²) >= 11 is 0. The monoisotopic (exact) mass is 327 g/mol. The van der Waals surface area contributed by atoms with Gasteiger partial charge < -0.3 is 14.8 Å². The Balaban J connectivity index is 1.98. The Kier molecular flexibility index (Phi) is 5.95. The van der Waals surface area contributed by atoms with Crippen LogP contribution in [0.15, 0.2) is 48.5 Å². The zero-order valence-electron chi connectivity index (χ0n) is 14.0. The van der Waals surface area contributed by atoms with Crippen molar-refractivity contribution in [1.29, 1.82) is 0 Å². The second kappa shape index (κ2) is 8.15. The molecular weight excluding hydrogens is 306 g/mol. The van der Waals surface area contributed by atoms with E-state index in [-0.39, 0.29) is 24.3 Å². The molecule has 1 atom stereocenters. The first-order valence-electron chi connectivity index (χ1n) is 7.67. The second-order valence-electron chi connectivity index (χ2n) is 5.41. The predicted octanol–water partition coefficient (Wildman–Crippen LogP) is 3.15. The van der Waals surface area contributed by atoms with Gasteiger partial charge in [-0.1, -0.05) is 30.3 Å². The Morgan fingerprint density at radius 2 is 1.83 bits per heavy atom. The molecule has 2 aromatic carbocycles. The number of carbonyl (C=O) groups excluding carboxylic acids is 2. The lowest BCUT2D eigenvalue weighted by atomic mass is 10.1. The highest BCUT2D eigenvalue weighted by atomic mass is 16.5. The van der Waals surface area contributed by atoms with Crippen molar-refractivity contribution in [1.82, 2.24) is 5.32 Å². The minimum atomic E-state index is -0.253. The quantitative estimate of drug-likeness (QED) is 0.794. The van der Waals surface area contributed by atoms with Gasteiger partial charge in [0.15, 0.2) is 12.4 Å². The van der Waals surface area contributed by atoms with Crippen molar-refractivity contribution >= 4 is 11.7 Å². The molecule has 0 fully saturated rings. The minimum Gasteiger partial charge on any atom is -0.497 e. The van der Waals surface area contributed by atoms with Crippen LogP contribution in [0, 0.1) is 0 Å². The molecule has 0 radical (unpaired) electrons. The van der Waals surface area contributed by atoms with Crippen molar-refractivity contribution in [2.24, 2.45) is 0 Å². The van der Waals surface area contributed by atoms with E-state index in [0.717, 1.165) is 5.56 Å². The van der Waals surface area contributed by atoms with E-state index in [1.807, 2.05) is 37.3 Å². The molecule has 0 bridgehead atoms. The maximum Gasteiger partial charge on any atom is 0.258 e. The third-order valence-electron chi connectivity index (χ3n) is 3.60. The number of hydrogen-bond donors (Lipinski definition) is 1. The predicted molar refractivity (Wildman–Crippen MR) is 91.5 cm³/mol. The summed E-state index contributed by atoms with van der Waals surface area (Å²) in [6.45, 7) is 3.19. The molecule has 24 heavy (non-hydrogen) atoms. The molecule has 0 aliphatic heterocycles. The first kappa shape index (κ1) is 17.5. The third kappa shape index (κ3) is 4.59. The fourth-order valence-electron chi connectivity index (χ4n) is 2.29. The van der Waals surface area contributed by atoms with Gasteiger partial charge in [-0.3, -0.25) is 9.59 Å². The highest BCUT2D eigenvalue weighted by Crippen LogP contribution is 2.24. The number of ketones is 1. The smallest absolute Gasteiger partial charge is 0.258 e. The van der Waals surface area contributed by atoms with Crippen molar-refractivity contribution in [3.8, 4) is 11.5 Å². The standard InChI is InChI=1S/C19H21NO4/c1-13(15-7-5-4-6-8-15)20-19(22)12-24-18-10-9-16(23-3)11-17(18)14(2)21/h4-11,13H,12H2,1-3H3,(H,20,22). The number of Topliss-reactive ketones (excluding diaryl/α,β-unsaturated/α-hetero) is 1. The van der Waals surface area contributed by atoms with Crippen molar-refractivity contribution in [3.05, 3.63) is 59.7 Å². The number of amides is 1. The third-order valence-corrected chi connectivity index (χ3v) is 3.60. The van der Waals surface area contributed by atoms with E-state index < -0.39 is 0 Å². The van der Waals surface area contributed by atoms with Gasteiger partial charge in [-0.25, -0.2) is 0 Å². The molecule has 0 spiro atoms. The summed E-state index contributed by atoms with van der Waals surface area (Å²) in [5.41, 5.74) is 1.40. The van der Waals surface area contributed by atoms with Crippen molar-refractivity contribution in [2.75, 3.05) is 13.7 Å². The number of benzene rings is 2. The highest BCUT2D eigenvalue weighted by molar-refractivity contribution is 5.97. The fourth-order valence-corrected chi connectivity index (χ4v) is 2.29. The zero-order chi connectivity index (χ0) is 17.5. The van der Waals surface area contributed by atoms with Crippen LogP contribution in [0.25, 0.3) is 0 Å². The molecule has 0 saturated carbocycles. The number of ether oxygens (including phenoxy) is 2. The number of rotatable bonds is 7. The van der Waals surface area contributed by atoms with Crippen LogP contribution >= 0.6 is 0 Å². The van der Waals surface area contributed by atoms with Gasteiger partial charge in [-0.05, 0) is 37.6 Å². The van der Waals surface area contributed by atoms with E-state index >= 15 is 0 Å². The van der Waals surface area contributed by atoms with Gasteiger partial charge in [0.25, 0.3) is 5.91 Å². The van der Waals surface area contributed by atoms with E-state index in [1.54, 1.807) is 18.2 Å². The molecule has 5 heteroatoms. The average Bonchev–Trinajstić information content (AvgIpc) is 2.60. The van der Waals surface area contributed by atoms with Crippen LogP contribution in [0.4, 0.5) is 0 Å². The first-order chi connectivity index (χ1) is 11.5. The molecule has 0 aromatic heterocycles. The largest absolute Gasteiger partial charge is 0.497 e. The molecule has 1 N–H and O–H groups in total. The summed E-state index contributed by atoms with van der Waals surface area (Å²) in [6, 6.07) is 14.5. The maximum atomic E-state index is 12.1. The van der Waals surface area contributed by atoms with Crippen LogP contribution in [-0.2, 0) is 4.79 Å². The van der Waals surface area contributed by atoms with Crippen LogP contribution in [0.2, 0.25) is 0 Å². The number of hydrogen-bond acceptors (Lipinski definition) is 4. The summed E-state index contributed by atoms with van der Waals surface area (Å²) in [5, 5.41) is 2.86. The van der Waals surface area contributed by atoms with E-state index in [9.17, 15) is 9.59 Å². The average molecular weight is 327 g/mol. The topological polar surface area (TPSA) is 64.6 Å². The van der Waals surface area contributed by atoms with Crippen molar-refractivity contribution < 1.29 is 19.1 Å². The summed E-state index contributed by atoms with van der Waals surface area (Å²) in [7, 11) is 1.53. The Labute approximate surface area is 141 Å². The molecule has 2 aromatic rings. The molecule has 0 heterocycles. The molecule has 1 unspecified atom stereocenters. The Morgan fingerprint density at radius 1 is 1.12 bits per heavy atom. The van der Waals surface area contributed by atoms with Gasteiger partial charge in [0, 0.05) is 0 Å². The molecule has 0 saturated heterocycles.